The molecule has 0 heterocycles. The largest absolute Gasteiger partial charge is 0.218 e. The quantitative estimate of drug-likeness (QED) is 0.589. The van der Waals surface area contributed by atoms with Crippen molar-refractivity contribution in [3.63, 3.8) is 0 Å². The number of rotatable bonds is 3. The van der Waals surface area contributed by atoms with Crippen molar-refractivity contribution < 1.29 is 8.42 Å². The Balaban J connectivity index is 2.48. The van der Waals surface area contributed by atoms with E-state index in [-0.39, 0.29) is 9.80 Å². The molecule has 0 spiro atoms. The summed E-state index contributed by atoms with van der Waals surface area (Å²) in [4.78, 5) is -0.136. The molecular weight excluding hydrogens is 385 g/mol. The van der Waals surface area contributed by atoms with E-state index in [1.165, 1.54) is 18.2 Å². The maximum atomic E-state index is 12.3. The maximum Gasteiger partial charge on any atom is 0.216 e. The zero-order valence-electron chi connectivity index (χ0n) is 10.3. The number of allylic oxidation sites excluding steroid dienone is 1. The van der Waals surface area contributed by atoms with Gasteiger partial charge in [0, 0.05) is 3.57 Å². The summed E-state index contributed by atoms with van der Waals surface area (Å²) in [7, 11) is -3.76. The summed E-state index contributed by atoms with van der Waals surface area (Å²) >= 11 is 2.16. The van der Waals surface area contributed by atoms with E-state index in [4.69, 9.17) is 5.26 Å². The van der Waals surface area contributed by atoms with Crippen LogP contribution in [-0.4, -0.2) is 8.42 Å². The highest BCUT2D eigenvalue weighted by molar-refractivity contribution is 14.1. The van der Waals surface area contributed by atoms with Crippen LogP contribution in [0.25, 0.3) is 6.08 Å². The maximum absolute atomic E-state index is 12.3. The van der Waals surface area contributed by atoms with Crippen molar-refractivity contribution in [2.45, 2.75) is 4.90 Å². The van der Waals surface area contributed by atoms with Gasteiger partial charge in [0.05, 0.1) is 4.90 Å². The number of sulfone groups is 1. The van der Waals surface area contributed by atoms with Crippen LogP contribution in [0.3, 0.4) is 0 Å². The minimum absolute atomic E-state index is 0.123. The third-order valence-corrected chi connectivity index (χ3v) is 5.02. The molecule has 0 aromatic heterocycles. The molecule has 20 heavy (non-hydrogen) atoms. The van der Waals surface area contributed by atoms with Crippen LogP contribution in [0.5, 0.6) is 0 Å². The Labute approximate surface area is 131 Å². The van der Waals surface area contributed by atoms with Gasteiger partial charge in [-0.15, -0.1) is 0 Å². The van der Waals surface area contributed by atoms with Gasteiger partial charge in [-0.05, 0) is 58.5 Å². The molecule has 0 fully saturated rings. The van der Waals surface area contributed by atoms with Crippen molar-refractivity contribution in [1.82, 2.24) is 0 Å². The lowest BCUT2D eigenvalue weighted by Gasteiger charge is -2.02. The molecule has 0 radical (unpaired) electrons. The Morgan fingerprint density at radius 1 is 1.05 bits per heavy atom. The topological polar surface area (TPSA) is 57.9 Å². The molecule has 2 aromatic rings. The van der Waals surface area contributed by atoms with E-state index < -0.39 is 9.84 Å². The molecule has 0 saturated heterocycles. The van der Waals surface area contributed by atoms with Gasteiger partial charge in [0.25, 0.3) is 0 Å². The second-order valence-electron chi connectivity index (χ2n) is 3.99. The average Bonchev–Trinajstić information content (AvgIpc) is 2.47. The predicted octanol–water partition coefficient (Wildman–Crippen LogP) is 3.63. The molecule has 100 valence electrons. The summed E-state index contributed by atoms with van der Waals surface area (Å²) in [5.74, 6) is 0. The van der Waals surface area contributed by atoms with E-state index >= 15 is 0 Å². The van der Waals surface area contributed by atoms with E-state index in [0.29, 0.717) is 5.56 Å². The van der Waals surface area contributed by atoms with E-state index in [0.717, 1.165) is 3.57 Å². The van der Waals surface area contributed by atoms with Crippen molar-refractivity contribution in [2.24, 2.45) is 0 Å². The Hall–Kier alpha value is -1.65. The Morgan fingerprint density at radius 2 is 1.65 bits per heavy atom. The van der Waals surface area contributed by atoms with Crippen LogP contribution in [0.1, 0.15) is 5.56 Å². The van der Waals surface area contributed by atoms with E-state index in [2.05, 4.69) is 22.6 Å². The van der Waals surface area contributed by atoms with Crippen LogP contribution >= 0.6 is 22.6 Å². The molecule has 0 aliphatic rings. The minimum atomic E-state index is -3.76. The molecule has 5 heteroatoms. The van der Waals surface area contributed by atoms with Gasteiger partial charge in [0.2, 0.25) is 9.84 Å². The number of nitriles is 1. The summed E-state index contributed by atoms with van der Waals surface area (Å²) in [5.41, 5.74) is 0.682. The minimum Gasteiger partial charge on any atom is -0.218 e. The van der Waals surface area contributed by atoms with Gasteiger partial charge < -0.3 is 0 Å². The molecule has 0 aliphatic heterocycles. The number of benzene rings is 2. The Bertz CT molecular complexity index is 773. The van der Waals surface area contributed by atoms with E-state index in [1.807, 2.05) is 12.1 Å². The molecule has 0 amide bonds. The number of hydrogen-bond acceptors (Lipinski definition) is 3. The summed E-state index contributed by atoms with van der Waals surface area (Å²) in [6, 6.07) is 17.0. The summed E-state index contributed by atoms with van der Waals surface area (Å²) in [6.45, 7) is 0. The van der Waals surface area contributed by atoms with Crippen molar-refractivity contribution in [2.75, 3.05) is 0 Å². The van der Waals surface area contributed by atoms with Gasteiger partial charge in [-0.2, -0.15) is 5.26 Å². The first-order valence-electron chi connectivity index (χ1n) is 5.71. The fourth-order valence-corrected chi connectivity index (χ4v) is 3.15. The summed E-state index contributed by atoms with van der Waals surface area (Å²) in [5, 5.41) is 9.14. The summed E-state index contributed by atoms with van der Waals surface area (Å²) in [6.07, 6.45) is 1.39. The highest BCUT2D eigenvalue weighted by atomic mass is 127. The van der Waals surface area contributed by atoms with Crippen molar-refractivity contribution in [1.29, 1.82) is 5.26 Å². The molecular formula is C15H10INO2S. The third-order valence-electron chi connectivity index (χ3n) is 2.62. The lowest BCUT2D eigenvalue weighted by molar-refractivity contribution is 0.603. The average molecular weight is 395 g/mol. The highest BCUT2D eigenvalue weighted by Gasteiger charge is 2.20. The molecule has 0 unspecified atom stereocenters. The number of halogens is 1. The fourth-order valence-electron chi connectivity index (χ4n) is 1.61. The zero-order valence-corrected chi connectivity index (χ0v) is 13.3. The molecule has 3 nitrogen and oxygen atoms in total. The lowest BCUT2D eigenvalue weighted by Crippen LogP contribution is -2.03. The van der Waals surface area contributed by atoms with Crippen LogP contribution in [-0.2, 0) is 9.84 Å². The molecule has 0 aliphatic carbocycles. The third kappa shape index (κ3) is 3.26. The van der Waals surface area contributed by atoms with Crippen LogP contribution in [0.15, 0.2) is 64.4 Å². The second kappa shape index (κ2) is 6.20. The van der Waals surface area contributed by atoms with Crippen molar-refractivity contribution >= 4 is 38.5 Å². The molecule has 0 N–H and O–H groups in total. The van der Waals surface area contributed by atoms with Gasteiger partial charge in [-0.25, -0.2) is 8.42 Å². The normalized spacial score (nSPS) is 11.9. The fraction of sp³-hybridized carbons (Fsp3) is 0. The van der Waals surface area contributed by atoms with Gasteiger partial charge in [0.15, 0.2) is 0 Å². The van der Waals surface area contributed by atoms with Crippen molar-refractivity contribution in [3.8, 4) is 6.07 Å². The van der Waals surface area contributed by atoms with Crippen LogP contribution < -0.4 is 0 Å². The highest BCUT2D eigenvalue weighted by Crippen LogP contribution is 2.21. The first-order valence-corrected chi connectivity index (χ1v) is 8.28. The summed E-state index contributed by atoms with van der Waals surface area (Å²) < 4.78 is 25.7. The Morgan fingerprint density at radius 3 is 2.20 bits per heavy atom. The van der Waals surface area contributed by atoms with Crippen LogP contribution in [0.4, 0.5) is 0 Å². The molecule has 2 rings (SSSR count). The van der Waals surface area contributed by atoms with Crippen molar-refractivity contribution in [3.05, 3.63) is 68.6 Å². The standard InChI is InChI=1S/C15H10INO2S/c16-13-8-6-12(7-9-13)10-15(11-17)20(18,19)14-4-2-1-3-5-14/h1-10H/b15-10+. The Kier molecular flexibility index (Phi) is 4.57. The van der Waals surface area contributed by atoms with Crippen LogP contribution in [0.2, 0.25) is 0 Å². The van der Waals surface area contributed by atoms with E-state index in [9.17, 15) is 8.42 Å². The van der Waals surface area contributed by atoms with E-state index in [1.54, 1.807) is 36.4 Å². The first kappa shape index (κ1) is 14.8. The molecule has 0 saturated carbocycles. The smallest absolute Gasteiger partial charge is 0.216 e. The molecule has 2 aromatic carbocycles. The van der Waals surface area contributed by atoms with Crippen LogP contribution in [0, 0.1) is 14.9 Å². The lowest BCUT2D eigenvalue weighted by atomic mass is 10.2. The number of nitrogens with zero attached hydrogens (tertiary/aromatic N) is 1. The molecule has 0 bridgehead atoms. The SMILES string of the molecule is N#C/C(=C\c1ccc(I)cc1)S(=O)(=O)c1ccccc1. The van der Waals surface area contributed by atoms with Gasteiger partial charge >= 0.3 is 0 Å². The molecule has 0 atom stereocenters. The second-order valence-corrected chi connectivity index (χ2v) is 7.15. The predicted molar refractivity (Wildman–Crippen MR) is 86.4 cm³/mol. The van der Waals surface area contributed by atoms with Gasteiger partial charge in [0.1, 0.15) is 11.0 Å². The zero-order chi connectivity index (χ0) is 14.6. The van der Waals surface area contributed by atoms with Gasteiger partial charge in [-0.1, -0.05) is 30.3 Å². The monoisotopic (exact) mass is 395 g/mol. The van der Waals surface area contributed by atoms with Gasteiger partial charge in [-0.3, -0.25) is 0 Å². The number of hydrogen-bond donors (Lipinski definition) is 0. The first-order chi connectivity index (χ1) is 9.54.